The minimum atomic E-state index is -0.283. The number of nitrogens with two attached hydrogens (primary N) is 2. The van der Waals surface area contributed by atoms with Crippen LogP contribution in [0, 0.1) is 10.7 Å². The highest BCUT2D eigenvalue weighted by molar-refractivity contribution is 7.71. The summed E-state index contributed by atoms with van der Waals surface area (Å²) in [6.07, 6.45) is 2.67. The van der Waals surface area contributed by atoms with Crippen LogP contribution in [0.3, 0.4) is 0 Å². The molecule has 3 heterocycles. The number of anilines is 1. The van der Waals surface area contributed by atoms with E-state index in [0.717, 1.165) is 34.5 Å². The van der Waals surface area contributed by atoms with Crippen molar-refractivity contribution in [1.29, 1.82) is 0 Å². The molecule has 0 radical (unpaired) electrons. The Morgan fingerprint density at radius 2 is 1.96 bits per heavy atom. The fraction of sp³-hybridized carbons (Fsp3) is 0.368. The van der Waals surface area contributed by atoms with Gasteiger partial charge in [0, 0.05) is 0 Å². The molecule has 28 heavy (non-hydrogen) atoms. The predicted molar refractivity (Wildman–Crippen MR) is 118 cm³/mol. The number of H-pyrrole nitrogens is 1. The second-order valence-electron chi connectivity index (χ2n) is 7.31. The van der Waals surface area contributed by atoms with Gasteiger partial charge in [-0.3, -0.25) is 4.57 Å². The number of nitrogens with one attached hydrogen (secondary N) is 1. The number of aromatic nitrogens is 5. The summed E-state index contributed by atoms with van der Waals surface area (Å²) in [6, 6.07) is 8.02. The fourth-order valence-corrected chi connectivity index (χ4v) is 4.46. The lowest BCUT2D eigenvalue weighted by atomic mass is 10.1. The molecule has 0 bridgehead atoms. The van der Waals surface area contributed by atoms with Gasteiger partial charge in [-0.05, 0) is 43.1 Å². The van der Waals surface area contributed by atoms with Gasteiger partial charge in [-0.25, -0.2) is 9.97 Å². The number of benzene rings is 1. The van der Waals surface area contributed by atoms with Crippen molar-refractivity contribution in [1.82, 2.24) is 24.5 Å². The van der Waals surface area contributed by atoms with Crippen molar-refractivity contribution in [3.63, 3.8) is 0 Å². The second-order valence-corrected chi connectivity index (χ2v) is 8.73. The van der Waals surface area contributed by atoms with E-state index in [0.29, 0.717) is 33.5 Å². The Labute approximate surface area is 171 Å². The molecule has 1 atom stereocenters. The third kappa shape index (κ3) is 3.52. The zero-order valence-corrected chi connectivity index (χ0v) is 17.5. The Hall–Kier alpha value is -2.36. The highest BCUT2D eigenvalue weighted by Gasteiger charge is 2.23. The van der Waals surface area contributed by atoms with Gasteiger partial charge in [-0.2, -0.15) is 4.98 Å². The van der Waals surface area contributed by atoms with Crippen molar-refractivity contribution < 1.29 is 0 Å². The summed E-state index contributed by atoms with van der Waals surface area (Å²) in [7, 11) is 0. The molecule has 5 N–H and O–H groups in total. The number of para-hydroxylation sites is 1. The van der Waals surface area contributed by atoms with E-state index in [9.17, 15) is 0 Å². The summed E-state index contributed by atoms with van der Waals surface area (Å²) in [5, 5.41) is 0.795. The number of aromatic amines is 1. The molecular weight excluding hydrogens is 390 g/mol. The average molecular weight is 414 g/mol. The highest BCUT2D eigenvalue weighted by Crippen LogP contribution is 2.34. The van der Waals surface area contributed by atoms with Crippen molar-refractivity contribution in [3.05, 3.63) is 29.0 Å². The summed E-state index contributed by atoms with van der Waals surface area (Å²) in [5.41, 5.74) is 14.8. The Morgan fingerprint density at radius 3 is 2.71 bits per heavy atom. The Kier molecular flexibility index (Phi) is 5.13. The quantitative estimate of drug-likeness (QED) is 0.397. The molecule has 7 nitrogen and oxygen atoms in total. The SMILES string of the molecule is CC(C)CCCC(N)n1c(-c2nc3ccccc3s2)nc2c(N)[nH]c(=S)nc21. The molecule has 0 aliphatic rings. The zero-order chi connectivity index (χ0) is 19.8. The number of imidazole rings is 1. The zero-order valence-electron chi connectivity index (χ0n) is 15.8. The standard InChI is InChI=1S/C19H23N7S2/c1-10(2)6-5-9-13(20)26-16-14(15(21)24-19(27)25-16)23-17(26)18-22-11-7-3-4-8-12(11)28-18/h3-4,7-8,10,13H,5-6,9,20H2,1-2H3,(H3,21,24,25,27). The third-order valence-electron chi connectivity index (χ3n) is 4.69. The van der Waals surface area contributed by atoms with Gasteiger partial charge < -0.3 is 16.5 Å². The maximum atomic E-state index is 6.60. The van der Waals surface area contributed by atoms with Gasteiger partial charge in [0.2, 0.25) is 0 Å². The van der Waals surface area contributed by atoms with E-state index in [4.69, 9.17) is 33.7 Å². The fourth-order valence-electron chi connectivity index (χ4n) is 3.31. The van der Waals surface area contributed by atoms with E-state index in [1.165, 1.54) is 0 Å². The maximum absolute atomic E-state index is 6.60. The average Bonchev–Trinajstić information content (AvgIpc) is 3.22. The van der Waals surface area contributed by atoms with Crippen molar-refractivity contribution in [2.24, 2.45) is 11.7 Å². The lowest BCUT2D eigenvalue weighted by Crippen LogP contribution is -2.20. The van der Waals surface area contributed by atoms with E-state index in [1.54, 1.807) is 11.3 Å². The van der Waals surface area contributed by atoms with E-state index in [2.05, 4.69) is 23.8 Å². The molecule has 4 aromatic rings. The first-order valence-electron chi connectivity index (χ1n) is 9.33. The number of hydrogen-bond acceptors (Lipinski definition) is 7. The van der Waals surface area contributed by atoms with Crippen LogP contribution in [-0.4, -0.2) is 24.5 Å². The topological polar surface area (TPSA) is 111 Å². The molecule has 146 valence electrons. The molecule has 3 aromatic heterocycles. The maximum Gasteiger partial charge on any atom is 0.200 e. The van der Waals surface area contributed by atoms with Crippen LogP contribution in [0.4, 0.5) is 5.82 Å². The first kappa shape index (κ1) is 19.0. The number of thiazole rings is 1. The summed E-state index contributed by atoms with van der Waals surface area (Å²) < 4.78 is 3.35. The van der Waals surface area contributed by atoms with E-state index in [1.807, 2.05) is 28.8 Å². The molecule has 0 saturated heterocycles. The molecule has 0 aliphatic carbocycles. The van der Waals surface area contributed by atoms with Crippen molar-refractivity contribution in [2.75, 3.05) is 5.73 Å². The second kappa shape index (κ2) is 7.57. The van der Waals surface area contributed by atoms with Gasteiger partial charge in [-0.15, -0.1) is 11.3 Å². The van der Waals surface area contributed by atoms with Crippen LogP contribution in [0.15, 0.2) is 24.3 Å². The summed E-state index contributed by atoms with van der Waals surface area (Å²) in [4.78, 5) is 16.9. The molecule has 0 amide bonds. The number of nitrogen functional groups attached to an aromatic ring is 1. The van der Waals surface area contributed by atoms with Gasteiger partial charge in [0.05, 0.1) is 16.4 Å². The Morgan fingerprint density at radius 1 is 1.18 bits per heavy atom. The molecule has 0 spiro atoms. The normalized spacial score (nSPS) is 13.0. The lowest BCUT2D eigenvalue weighted by molar-refractivity contribution is 0.440. The minimum absolute atomic E-state index is 0.283. The summed E-state index contributed by atoms with van der Waals surface area (Å²) in [6.45, 7) is 4.43. The molecule has 0 aliphatic heterocycles. The Bertz CT molecular complexity index is 1160. The van der Waals surface area contributed by atoms with Crippen LogP contribution in [0.5, 0.6) is 0 Å². The van der Waals surface area contributed by atoms with Gasteiger partial charge >= 0.3 is 0 Å². The smallest absolute Gasteiger partial charge is 0.200 e. The highest BCUT2D eigenvalue weighted by atomic mass is 32.1. The van der Waals surface area contributed by atoms with Crippen LogP contribution in [-0.2, 0) is 0 Å². The van der Waals surface area contributed by atoms with E-state index >= 15 is 0 Å². The van der Waals surface area contributed by atoms with E-state index in [-0.39, 0.29) is 6.17 Å². The molecule has 9 heteroatoms. The first-order chi connectivity index (χ1) is 13.4. The monoisotopic (exact) mass is 413 g/mol. The van der Waals surface area contributed by atoms with Gasteiger partial charge in [0.1, 0.15) is 11.3 Å². The third-order valence-corrected chi connectivity index (χ3v) is 5.91. The number of rotatable bonds is 6. The van der Waals surface area contributed by atoms with Crippen LogP contribution >= 0.6 is 23.6 Å². The van der Waals surface area contributed by atoms with Crippen molar-refractivity contribution in [3.8, 4) is 10.8 Å². The van der Waals surface area contributed by atoms with Gasteiger partial charge in [0.15, 0.2) is 21.3 Å². The molecule has 0 fully saturated rings. The van der Waals surface area contributed by atoms with Gasteiger partial charge in [-0.1, -0.05) is 32.4 Å². The van der Waals surface area contributed by atoms with Crippen LogP contribution in [0.1, 0.15) is 39.3 Å². The van der Waals surface area contributed by atoms with Gasteiger partial charge in [0.25, 0.3) is 0 Å². The molecule has 0 saturated carbocycles. The molecule has 1 aromatic carbocycles. The molecule has 1 unspecified atom stereocenters. The summed E-state index contributed by atoms with van der Waals surface area (Å²) >= 11 is 6.81. The molecular formula is C19H23N7S2. The van der Waals surface area contributed by atoms with Crippen LogP contribution in [0.25, 0.3) is 32.2 Å². The van der Waals surface area contributed by atoms with Crippen LogP contribution < -0.4 is 11.5 Å². The summed E-state index contributed by atoms with van der Waals surface area (Å²) in [5.74, 6) is 1.71. The van der Waals surface area contributed by atoms with Crippen molar-refractivity contribution >= 4 is 50.8 Å². The Balaban J connectivity index is 1.87. The van der Waals surface area contributed by atoms with Crippen LogP contribution in [0.2, 0.25) is 0 Å². The lowest BCUT2D eigenvalue weighted by Gasteiger charge is -2.16. The number of fused-ring (bicyclic) bond motifs is 2. The number of nitrogens with zero attached hydrogens (tertiary/aromatic N) is 4. The minimum Gasteiger partial charge on any atom is -0.383 e. The molecule has 4 rings (SSSR count). The largest absolute Gasteiger partial charge is 0.383 e. The first-order valence-corrected chi connectivity index (χ1v) is 10.6. The number of hydrogen-bond donors (Lipinski definition) is 3. The van der Waals surface area contributed by atoms with Crippen molar-refractivity contribution in [2.45, 2.75) is 39.3 Å². The predicted octanol–water partition coefficient (Wildman–Crippen LogP) is 4.63. The van der Waals surface area contributed by atoms with E-state index < -0.39 is 0 Å².